The average molecular weight is 689 g/mol. The van der Waals surface area contributed by atoms with Crippen LogP contribution in [0.2, 0.25) is 0 Å². The lowest BCUT2D eigenvalue weighted by molar-refractivity contribution is 1.19. The molecule has 10 aromatic rings. The number of aromatic nitrogens is 1. The third-order valence-electron chi connectivity index (χ3n) is 10.6. The molecule has 2 heteroatoms. The van der Waals surface area contributed by atoms with Crippen LogP contribution in [0.5, 0.6) is 0 Å². The maximum atomic E-state index is 2.46. The number of para-hydroxylation sites is 1. The molecule has 0 saturated carbocycles. The van der Waals surface area contributed by atoms with Gasteiger partial charge in [-0.1, -0.05) is 170 Å². The summed E-state index contributed by atoms with van der Waals surface area (Å²) in [6.07, 6.45) is 0. The van der Waals surface area contributed by atoms with E-state index in [4.69, 9.17) is 0 Å². The van der Waals surface area contributed by atoms with Crippen LogP contribution in [0.1, 0.15) is 0 Å². The molecule has 254 valence electrons. The van der Waals surface area contributed by atoms with Crippen molar-refractivity contribution < 1.29 is 0 Å². The largest absolute Gasteiger partial charge is 0.310 e. The molecule has 0 aliphatic rings. The highest BCUT2D eigenvalue weighted by Gasteiger charge is 2.19. The molecule has 1 aromatic heterocycles. The van der Waals surface area contributed by atoms with E-state index in [0.29, 0.717) is 0 Å². The summed E-state index contributed by atoms with van der Waals surface area (Å²) in [5.74, 6) is 0. The van der Waals surface area contributed by atoms with Gasteiger partial charge in [0.15, 0.2) is 0 Å². The van der Waals surface area contributed by atoms with E-state index in [1.165, 1.54) is 66.1 Å². The molecular weight excluding hydrogens is 653 g/mol. The first-order chi connectivity index (χ1) is 26.8. The molecule has 0 atom stereocenters. The molecule has 0 aliphatic heterocycles. The van der Waals surface area contributed by atoms with Crippen molar-refractivity contribution in [3.8, 4) is 39.1 Å². The Kier molecular flexibility index (Phi) is 7.85. The minimum Gasteiger partial charge on any atom is -0.310 e. The molecule has 0 bridgehead atoms. The summed E-state index contributed by atoms with van der Waals surface area (Å²) in [7, 11) is 0. The third kappa shape index (κ3) is 5.53. The van der Waals surface area contributed by atoms with Crippen molar-refractivity contribution >= 4 is 49.6 Å². The van der Waals surface area contributed by atoms with E-state index in [0.717, 1.165) is 22.6 Å². The minimum absolute atomic E-state index is 1.09. The number of nitrogens with zero attached hydrogens (tertiary/aromatic N) is 2. The Morgan fingerprint density at radius 2 is 0.722 bits per heavy atom. The Balaban J connectivity index is 1.17. The van der Waals surface area contributed by atoms with Crippen molar-refractivity contribution in [1.82, 2.24) is 4.57 Å². The van der Waals surface area contributed by atoms with Crippen molar-refractivity contribution in [3.63, 3.8) is 0 Å². The third-order valence-corrected chi connectivity index (χ3v) is 10.6. The molecule has 2 nitrogen and oxygen atoms in total. The number of anilines is 3. The molecule has 0 fully saturated rings. The summed E-state index contributed by atoms with van der Waals surface area (Å²) in [6, 6.07) is 78.8. The van der Waals surface area contributed by atoms with Gasteiger partial charge in [-0.2, -0.15) is 0 Å². The van der Waals surface area contributed by atoms with Crippen LogP contribution in [-0.2, 0) is 0 Å². The fourth-order valence-corrected chi connectivity index (χ4v) is 8.02. The Hall–Kier alpha value is -7.16. The van der Waals surface area contributed by atoms with Crippen LogP contribution in [0.4, 0.5) is 17.1 Å². The Bertz CT molecular complexity index is 2810. The van der Waals surface area contributed by atoms with E-state index in [2.05, 4.69) is 228 Å². The predicted octanol–water partition coefficient (Wildman–Crippen LogP) is 14.4. The standard InChI is InChI=1S/C52H36N2/c1-4-14-37(15-5-1)39-24-28-42(29-25-39)53(43-30-26-40(27-31-43)38-16-6-2-7-17-38)44-32-33-49-48-22-12-13-23-50(48)54(52(49)36-44)51-35-34-45(41-18-8-3-9-19-41)46-20-10-11-21-47(46)51/h1-36H. The first-order valence-corrected chi connectivity index (χ1v) is 18.5. The van der Waals surface area contributed by atoms with Gasteiger partial charge >= 0.3 is 0 Å². The van der Waals surface area contributed by atoms with Gasteiger partial charge in [0.25, 0.3) is 0 Å². The van der Waals surface area contributed by atoms with Gasteiger partial charge < -0.3 is 9.47 Å². The first kappa shape index (κ1) is 31.6. The number of fused-ring (bicyclic) bond motifs is 4. The molecule has 0 radical (unpaired) electrons. The second kappa shape index (κ2) is 13.4. The summed E-state index contributed by atoms with van der Waals surface area (Å²) in [5.41, 5.74) is 14.1. The molecule has 54 heavy (non-hydrogen) atoms. The van der Waals surface area contributed by atoms with Crippen LogP contribution in [0, 0.1) is 0 Å². The van der Waals surface area contributed by atoms with Crippen LogP contribution in [-0.4, -0.2) is 4.57 Å². The van der Waals surface area contributed by atoms with Crippen molar-refractivity contribution in [3.05, 3.63) is 218 Å². The maximum absolute atomic E-state index is 2.46. The molecule has 0 unspecified atom stereocenters. The van der Waals surface area contributed by atoms with Crippen LogP contribution < -0.4 is 4.90 Å². The smallest absolute Gasteiger partial charge is 0.0562 e. The molecule has 0 N–H and O–H groups in total. The Morgan fingerprint density at radius 3 is 1.31 bits per heavy atom. The molecule has 1 heterocycles. The van der Waals surface area contributed by atoms with Crippen LogP contribution in [0.15, 0.2) is 218 Å². The highest BCUT2D eigenvalue weighted by Crippen LogP contribution is 2.42. The quantitative estimate of drug-likeness (QED) is 0.162. The highest BCUT2D eigenvalue weighted by atomic mass is 15.1. The summed E-state index contributed by atoms with van der Waals surface area (Å²) in [6.45, 7) is 0. The average Bonchev–Trinajstić information content (AvgIpc) is 3.58. The van der Waals surface area contributed by atoms with E-state index in [1.54, 1.807) is 0 Å². The van der Waals surface area contributed by atoms with E-state index >= 15 is 0 Å². The molecule has 0 saturated heterocycles. The van der Waals surface area contributed by atoms with Gasteiger partial charge in [0.2, 0.25) is 0 Å². The predicted molar refractivity (Wildman–Crippen MR) is 229 cm³/mol. The minimum atomic E-state index is 1.09. The lowest BCUT2D eigenvalue weighted by Crippen LogP contribution is -2.10. The van der Waals surface area contributed by atoms with Gasteiger partial charge in [-0.3, -0.25) is 0 Å². The second-order valence-electron chi connectivity index (χ2n) is 13.8. The van der Waals surface area contributed by atoms with Crippen molar-refractivity contribution in [2.24, 2.45) is 0 Å². The normalized spacial score (nSPS) is 11.3. The molecule has 9 aromatic carbocycles. The zero-order valence-electron chi connectivity index (χ0n) is 29.7. The van der Waals surface area contributed by atoms with Gasteiger partial charge in [-0.15, -0.1) is 0 Å². The first-order valence-electron chi connectivity index (χ1n) is 18.5. The fourth-order valence-electron chi connectivity index (χ4n) is 8.02. The van der Waals surface area contributed by atoms with E-state index in [-0.39, 0.29) is 0 Å². The Morgan fingerprint density at radius 1 is 0.278 bits per heavy atom. The Labute approximate surface area is 315 Å². The zero-order valence-corrected chi connectivity index (χ0v) is 29.7. The fraction of sp³-hybridized carbons (Fsp3) is 0. The molecular formula is C52H36N2. The lowest BCUT2D eigenvalue weighted by Gasteiger charge is -2.26. The van der Waals surface area contributed by atoms with Crippen molar-refractivity contribution in [2.75, 3.05) is 4.90 Å². The van der Waals surface area contributed by atoms with E-state index < -0.39 is 0 Å². The van der Waals surface area contributed by atoms with Gasteiger partial charge in [-0.05, 0) is 87.3 Å². The number of hydrogen-bond donors (Lipinski definition) is 0. The topological polar surface area (TPSA) is 8.17 Å². The van der Waals surface area contributed by atoms with Gasteiger partial charge in [0.1, 0.15) is 0 Å². The lowest BCUT2D eigenvalue weighted by atomic mass is 9.97. The SMILES string of the molecule is c1ccc(-c2ccc(N(c3ccc(-c4ccccc4)cc3)c3ccc4c5ccccc5n(-c5ccc(-c6ccccc6)c6ccccc56)c4c3)cc2)cc1. The summed E-state index contributed by atoms with van der Waals surface area (Å²) >= 11 is 0. The molecule has 0 aliphatic carbocycles. The molecule has 0 amide bonds. The number of rotatable bonds is 7. The van der Waals surface area contributed by atoms with Gasteiger partial charge in [0, 0.05) is 33.2 Å². The van der Waals surface area contributed by atoms with Gasteiger partial charge in [-0.25, -0.2) is 0 Å². The van der Waals surface area contributed by atoms with Crippen LogP contribution in [0.25, 0.3) is 71.6 Å². The van der Waals surface area contributed by atoms with E-state index in [1.807, 2.05) is 0 Å². The van der Waals surface area contributed by atoms with Crippen LogP contribution >= 0.6 is 0 Å². The monoisotopic (exact) mass is 688 g/mol. The summed E-state index contributed by atoms with van der Waals surface area (Å²) in [5, 5.41) is 4.92. The highest BCUT2D eigenvalue weighted by molar-refractivity contribution is 6.12. The van der Waals surface area contributed by atoms with Crippen molar-refractivity contribution in [1.29, 1.82) is 0 Å². The number of benzene rings is 9. The number of hydrogen-bond acceptors (Lipinski definition) is 1. The zero-order chi connectivity index (χ0) is 35.8. The maximum Gasteiger partial charge on any atom is 0.0562 e. The van der Waals surface area contributed by atoms with E-state index in [9.17, 15) is 0 Å². The summed E-state index contributed by atoms with van der Waals surface area (Å²) in [4.78, 5) is 2.38. The molecule has 10 rings (SSSR count). The van der Waals surface area contributed by atoms with Crippen LogP contribution in [0.3, 0.4) is 0 Å². The second-order valence-corrected chi connectivity index (χ2v) is 13.8. The van der Waals surface area contributed by atoms with Gasteiger partial charge in [0.05, 0.1) is 16.7 Å². The van der Waals surface area contributed by atoms with Crippen molar-refractivity contribution in [2.45, 2.75) is 0 Å². The summed E-state index contributed by atoms with van der Waals surface area (Å²) < 4.78 is 2.46. The molecule has 0 spiro atoms.